The summed E-state index contributed by atoms with van der Waals surface area (Å²) in [5.74, 6) is 0. The van der Waals surface area contributed by atoms with E-state index in [1.54, 1.807) is 7.11 Å². The van der Waals surface area contributed by atoms with Crippen molar-refractivity contribution >= 4 is 10.0 Å². The van der Waals surface area contributed by atoms with Crippen LogP contribution in [0, 0.1) is 0 Å². The first-order chi connectivity index (χ1) is 8.57. The number of nitrogens with one attached hydrogen (secondary N) is 1. The summed E-state index contributed by atoms with van der Waals surface area (Å²) in [6, 6.07) is -0.0138. The minimum Gasteiger partial charge on any atom is -0.383 e. The molecule has 0 unspecified atom stereocenters. The summed E-state index contributed by atoms with van der Waals surface area (Å²) in [5.41, 5.74) is 0. The number of rotatable bonds is 8. The van der Waals surface area contributed by atoms with Crippen molar-refractivity contribution in [2.24, 2.45) is 0 Å². The smallest absolute Gasteiger partial charge is 0.246 e. The Morgan fingerprint density at radius 3 is 2.56 bits per heavy atom. The molecule has 0 aliphatic carbocycles. The molecule has 1 rings (SSSR count). The third-order valence-corrected chi connectivity index (χ3v) is 4.86. The summed E-state index contributed by atoms with van der Waals surface area (Å²) in [6.07, 6.45) is 4.28. The quantitative estimate of drug-likeness (QED) is 0.774. The zero-order valence-electron chi connectivity index (χ0n) is 11.1. The molecular weight excluding hydrogens is 254 g/mol. The zero-order valence-corrected chi connectivity index (χ0v) is 11.9. The van der Waals surface area contributed by atoms with Crippen LogP contribution in [0.2, 0.25) is 0 Å². The van der Waals surface area contributed by atoms with E-state index in [1.165, 1.54) is 16.7 Å². The summed E-state index contributed by atoms with van der Waals surface area (Å²) < 4.78 is 31.4. The molecule has 0 amide bonds. The van der Waals surface area contributed by atoms with Crippen molar-refractivity contribution in [3.63, 3.8) is 0 Å². The minimum absolute atomic E-state index is 0.0138. The van der Waals surface area contributed by atoms with Crippen LogP contribution in [0.5, 0.6) is 0 Å². The van der Waals surface area contributed by atoms with Gasteiger partial charge in [0.25, 0.3) is 0 Å². The van der Waals surface area contributed by atoms with Crippen LogP contribution in [0.1, 0.15) is 26.7 Å². The maximum absolute atomic E-state index is 12.5. The summed E-state index contributed by atoms with van der Waals surface area (Å²) in [5, 5.41) is 6.23. The number of hydrogen-bond donors (Lipinski definition) is 1. The van der Waals surface area contributed by atoms with Gasteiger partial charge < -0.3 is 4.74 Å². The first-order valence-corrected chi connectivity index (χ1v) is 7.51. The molecule has 0 fully saturated rings. The van der Waals surface area contributed by atoms with Crippen molar-refractivity contribution in [1.82, 2.24) is 14.5 Å². The van der Waals surface area contributed by atoms with Gasteiger partial charge in [0, 0.05) is 25.9 Å². The van der Waals surface area contributed by atoms with Gasteiger partial charge in [0.1, 0.15) is 4.90 Å². The Bertz CT molecular complexity index is 426. The molecule has 1 aromatic heterocycles. The van der Waals surface area contributed by atoms with Crippen molar-refractivity contribution in [2.75, 3.05) is 20.3 Å². The molecule has 0 radical (unpaired) electrons. The lowest BCUT2D eigenvalue weighted by Gasteiger charge is -2.28. The molecule has 104 valence electrons. The molecule has 0 aromatic carbocycles. The van der Waals surface area contributed by atoms with Gasteiger partial charge in [0.2, 0.25) is 10.0 Å². The second-order valence-corrected chi connectivity index (χ2v) is 5.90. The van der Waals surface area contributed by atoms with E-state index in [2.05, 4.69) is 10.2 Å². The van der Waals surface area contributed by atoms with Gasteiger partial charge in [0.05, 0.1) is 12.8 Å². The Balaban J connectivity index is 3.01. The summed E-state index contributed by atoms with van der Waals surface area (Å²) in [7, 11) is -1.93. The molecule has 0 atom stereocenters. The summed E-state index contributed by atoms with van der Waals surface area (Å²) in [4.78, 5) is 0.200. The van der Waals surface area contributed by atoms with Gasteiger partial charge in [-0.1, -0.05) is 13.8 Å². The maximum atomic E-state index is 12.5. The van der Waals surface area contributed by atoms with Gasteiger partial charge in [0.15, 0.2) is 0 Å². The number of aromatic amines is 1. The first-order valence-electron chi connectivity index (χ1n) is 6.07. The molecule has 0 saturated carbocycles. The van der Waals surface area contributed by atoms with Gasteiger partial charge in [-0.15, -0.1) is 0 Å². The molecule has 6 nitrogen and oxygen atoms in total. The van der Waals surface area contributed by atoms with Gasteiger partial charge in [-0.2, -0.15) is 9.40 Å². The maximum Gasteiger partial charge on any atom is 0.246 e. The average molecular weight is 275 g/mol. The van der Waals surface area contributed by atoms with Gasteiger partial charge in [-0.3, -0.25) is 5.10 Å². The minimum atomic E-state index is -3.49. The first kappa shape index (κ1) is 15.1. The molecule has 1 aromatic rings. The Morgan fingerprint density at radius 2 is 2.11 bits per heavy atom. The number of sulfonamides is 1. The van der Waals surface area contributed by atoms with E-state index >= 15 is 0 Å². The van der Waals surface area contributed by atoms with E-state index in [9.17, 15) is 8.42 Å². The highest BCUT2D eigenvalue weighted by Gasteiger charge is 2.29. The van der Waals surface area contributed by atoms with Crippen molar-refractivity contribution in [2.45, 2.75) is 37.6 Å². The molecule has 18 heavy (non-hydrogen) atoms. The van der Waals surface area contributed by atoms with Gasteiger partial charge in [-0.05, 0) is 12.8 Å². The molecule has 0 aliphatic rings. The van der Waals surface area contributed by atoms with E-state index < -0.39 is 10.0 Å². The second-order valence-electron chi connectivity index (χ2n) is 4.01. The van der Waals surface area contributed by atoms with Crippen LogP contribution in [0.3, 0.4) is 0 Å². The lowest BCUT2D eigenvalue weighted by Crippen LogP contribution is -2.41. The average Bonchev–Trinajstić information content (AvgIpc) is 2.88. The Hall–Kier alpha value is -0.920. The van der Waals surface area contributed by atoms with Gasteiger partial charge >= 0.3 is 0 Å². The molecule has 0 spiro atoms. The predicted octanol–water partition coefficient (Wildman–Crippen LogP) is 1.24. The largest absolute Gasteiger partial charge is 0.383 e. The van der Waals surface area contributed by atoms with Crippen molar-refractivity contribution < 1.29 is 13.2 Å². The molecule has 0 saturated heterocycles. The highest BCUT2D eigenvalue weighted by molar-refractivity contribution is 7.89. The SMILES string of the molecule is CCC(CC)N(CCOC)S(=O)(=O)c1cn[nH]c1. The summed E-state index contributed by atoms with van der Waals surface area (Å²) >= 11 is 0. The fourth-order valence-electron chi connectivity index (χ4n) is 1.89. The number of H-pyrrole nitrogens is 1. The lowest BCUT2D eigenvalue weighted by atomic mass is 10.2. The van der Waals surface area contributed by atoms with E-state index in [0.29, 0.717) is 13.2 Å². The molecule has 0 aliphatic heterocycles. The second kappa shape index (κ2) is 6.86. The molecule has 7 heteroatoms. The molecule has 1 N–H and O–H groups in total. The monoisotopic (exact) mass is 275 g/mol. The topological polar surface area (TPSA) is 75.3 Å². The third-order valence-electron chi connectivity index (χ3n) is 2.95. The van der Waals surface area contributed by atoms with Crippen LogP contribution in [-0.2, 0) is 14.8 Å². The fraction of sp³-hybridized carbons (Fsp3) is 0.727. The number of methoxy groups -OCH3 is 1. The summed E-state index contributed by atoms with van der Waals surface area (Å²) in [6.45, 7) is 4.71. The van der Waals surface area contributed by atoms with Crippen molar-refractivity contribution in [3.8, 4) is 0 Å². The number of nitrogens with zero attached hydrogens (tertiary/aromatic N) is 2. The van der Waals surface area contributed by atoms with E-state index in [4.69, 9.17) is 4.74 Å². The highest BCUT2D eigenvalue weighted by atomic mass is 32.2. The normalized spacial score (nSPS) is 12.5. The van der Waals surface area contributed by atoms with Crippen LogP contribution in [0.25, 0.3) is 0 Å². The Labute approximate surface area is 108 Å². The molecule has 1 heterocycles. The standard InChI is InChI=1S/C11H21N3O3S/c1-4-10(5-2)14(6-7-17-3)18(15,16)11-8-12-13-9-11/h8-10H,4-7H2,1-3H3,(H,12,13). The number of ether oxygens (including phenoxy) is 1. The van der Waals surface area contributed by atoms with Crippen LogP contribution in [0.15, 0.2) is 17.3 Å². The number of hydrogen-bond acceptors (Lipinski definition) is 4. The van der Waals surface area contributed by atoms with Gasteiger partial charge in [-0.25, -0.2) is 8.42 Å². The van der Waals surface area contributed by atoms with Crippen LogP contribution in [-0.4, -0.2) is 49.2 Å². The third kappa shape index (κ3) is 3.30. The van der Waals surface area contributed by atoms with E-state index in [1.807, 2.05) is 13.8 Å². The van der Waals surface area contributed by atoms with Crippen LogP contribution in [0.4, 0.5) is 0 Å². The van der Waals surface area contributed by atoms with Crippen LogP contribution < -0.4 is 0 Å². The zero-order chi connectivity index (χ0) is 13.6. The lowest BCUT2D eigenvalue weighted by molar-refractivity contribution is 0.163. The van der Waals surface area contributed by atoms with Crippen molar-refractivity contribution in [1.29, 1.82) is 0 Å². The van der Waals surface area contributed by atoms with E-state index in [-0.39, 0.29) is 10.9 Å². The Kier molecular flexibility index (Phi) is 5.77. The molecular formula is C11H21N3O3S. The van der Waals surface area contributed by atoms with E-state index in [0.717, 1.165) is 12.8 Å². The predicted molar refractivity (Wildman–Crippen MR) is 68.7 cm³/mol. The van der Waals surface area contributed by atoms with Crippen LogP contribution >= 0.6 is 0 Å². The Morgan fingerprint density at radius 1 is 1.44 bits per heavy atom. The highest BCUT2D eigenvalue weighted by Crippen LogP contribution is 2.20. The number of aromatic nitrogens is 2. The fourth-order valence-corrected chi connectivity index (χ4v) is 3.56. The van der Waals surface area contributed by atoms with Crippen molar-refractivity contribution in [3.05, 3.63) is 12.4 Å². The molecule has 0 bridgehead atoms.